The minimum Gasteiger partial charge on any atom is -0.488 e. The number of aliphatic carboxylic acids is 1. The molecule has 0 unspecified atom stereocenters. The van der Waals surface area contributed by atoms with Gasteiger partial charge in [-0.05, 0) is 39.8 Å². The van der Waals surface area contributed by atoms with E-state index in [0.29, 0.717) is 5.75 Å². The van der Waals surface area contributed by atoms with Crippen molar-refractivity contribution in [1.82, 2.24) is 4.90 Å². The average molecular weight is 321 g/mol. The Labute approximate surface area is 136 Å². The first-order valence-corrected chi connectivity index (χ1v) is 7.57. The van der Waals surface area contributed by atoms with Gasteiger partial charge in [-0.1, -0.05) is 18.2 Å². The summed E-state index contributed by atoms with van der Waals surface area (Å²) in [5.74, 6) is -0.418. The number of nitrogens with zero attached hydrogens (tertiary/aromatic N) is 1. The lowest BCUT2D eigenvalue weighted by atomic mass is 9.98. The number of hydrogen-bond acceptors (Lipinski definition) is 4. The highest BCUT2D eigenvalue weighted by Crippen LogP contribution is 2.33. The van der Waals surface area contributed by atoms with Crippen molar-refractivity contribution >= 4 is 12.1 Å². The van der Waals surface area contributed by atoms with Crippen LogP contribution in [0.25, 0.3) is 0 Å². The summed E-state index contributed by atoms with van der Waals surface area (Å²) in [6.07, 6.45) is -0.830. The second-order valence-corrected chi connectivity index (χ2v) is 6.93. The standard InChI is InChI=1S/C17H23NO5/c1-16(2,3)23-15(21)18-11-13(10-17(18,4)14(19)20)22-12-8-6-5-7-9-12/h5-9,13H,10-11H2,1-4H3,(H,19,20)/t13-,17-/m1/s1. The number of rotatable bonds is 3. The molecule has 1 aliphatic rings. The molecule has 1 amide bonds. The van der Waals surface area contributed by atoms with Gasteiger partial charge in [-0.15, -0.1) is 0 Å². The van der Waals surface area contributed by atoms with Crippen molar-refractivity contribution in [2.75, 3.05) is 6.54 Å². The van der Waals surface area contributed by atoms with Crippen molar-refractivity contribution in [2.45, 2.75) is 51.4 Å². The fourth-order valence-corrected chi connectivity index (χ4v) is 2.59. The van der Waals surface area contributed by atoms with Crippen LogP contribution in [-0.4, -0.2) is 45.9 Å². The summed E-state index contributed by atoms with van der Waals surface area (Å²) >= 11 is 0. The maximum Gasteiger partial charge on any atom is 0.411 e. The number of carboxylic acid groups (broad SMARTS) is 1. The molecule has 1 aliphatic heterocycles. The Bertz CT molecular complexity index is 580. The van der Waals surface area contributed by atoms with Gasteiger partial charge in [0.25, 0.3) is 0 Å². The van der Waals surface area contributed by atoms with Gasteiger partial charge in [0, 0.05) is 6.42 Å². The molecule has 0 saturated carbocycles. The number of carbonyl (C=O) groups excluding carboxylic acids is 1. The number of para-hydroxylation sites is 1. The molecular weight excluding hydrogens is 298 g/mol. The number of carbonyl (C=O) groups is 2. The lowest BCUT2D eigenvalue weighted by molar-refractivity contribution is -0.148. The first-order chi connectivity index (χ1) is 10.6. The Hall–Kier alpha value is -2.24. The fraction of sp³-hybridized carbons (Fsp3) is 0.529. The normalized spacial score (nSPS) is 24.3. The highest BCUT2D eigenvalue weighted by atomic mass is 16.6. The van der Waals surface area contributed by atoms with Crippen molar-refractivity contribution in [1.29, 1.82) is 0 Å². The number of benzene rings is 1. The second-order valence-electron chi connectivity index (χ2n) is 6.93. The van der Waals surface area contributed by atoms with Crippen molar-refractivity contribution < 1.29 is 24.2 Å². The van der Waals surface area contributed by atoms with Gasteiger partial charge < -0.3 is 14.6 Å². The quantitative estimate of drug-likeness (QED) is 0.926. The summed E-state index contributed by atoms with van der Waals surface area (Å²) in [5, 5.41) is 9.57. The monoisotopic (exact) mass is 321 g/mol. The Kier molecular flexibility index (Phi) is 4.54. The molecule has 1 fully saturated rings. The molecule has 0 spiro atoms. The largest absolute Gasteiger partial charge is 0.488 e. The van der Waals surface area contributed by atoms with Gasteiger partial charge >= 0.3 is 12.1 Å². The molecule has 1 aromatic carbocycles. The fourth-order valence-electron chi connectivity index (χ4n) is 2.59. The molecule has 6 nitrogen and oxygen atoms in total. The molecule has 2 rings (SSSR count). The van der Waals surface area contributed by atoms with Crippen LogP contribution in [0.15, 0.2) is 30.3 Å². The lowest BCUT2D eigenvalue weighted by Crippen LogP contribution is -2.52. The maximum absolute atomic E-state index is 12.4. The number of likely N-dealkylation sites (tertiary alicyclic amines) is 1. The second kappa shape index (κ2) is 6.10. The van der Waals surface area contributed by atoms with Gasteiger partial charge in [0.1, 0.15) is 23.0 Å². The van der Waals surface area contributed by atoms with Crippen LogP contribution in [0.4, 0.5) is 4.79 Å². The Balaban J connectivity index is 2.16. The summed E-state index contributed by atoms with van der Waals surface area (Å²) in [7, 11) is 0. The minimum atomic E-state index is -1.35. The zero-order valence-electron chi connectivity index (χ0n) is 13.9. The third-order valence-electron chi connectivity index (χ3n) is 3.73. The third-order valence-corrected chi connectivity index (χ3v) is 3.73. The Morgan fingerprint density at radius 3 is 2.39 bits per heavy atom. The molecule has 0 aliphatic carbocycles. The number of hydrogen-bond donors (Lipinski definition) is 1. The Morgan fingerprint density at radius 1 is 1.26 bits per heavy atom. The van der Waals surface area contributed by atoms with E-state index >= 15 is 0 Å². The van der Waals surface area contributed by atoms with Crippen LogP contribution < -0.4 is 4.74 Å². The van der Waals surface area contributed by atoms with E-state index in [9.17, 15) is 14.7 Å². The predicted octanol–water partition coefficient (Wildman–Crippen LogP) is 2.92. The number of ether oxygens (including phenoxy) is 2. The molecule has 1 heterocycles. The number of amides is 1. The summed E-state index contributed by atoms with van der Waals surface area (Å²) in [4.78, 5) is 25.3. The van der Waals surface area contributed by atoms with E-state index in [0.717, 1.165) is 0 Å². The van der Waals surface area contributed by atoms with E-state index in [1.54, 1.807) is 32.9 Å². The van der Waals surface area contributed by atoms with E-state index in [-0.39, 0.29) is 13.0 Å². The van der Waals surface area contributed by atoms with Crippen molar-refractivity contribution in [2.24, 2.45) is 0 Å². The van der Waals surface area contributed by atoms with Gasteiger partial charge in [0.15, 0.2) is 0 Å². The lowest BCUT2D eigenvalue weighted by Gasteiger charge is -2.32. The molecule has 6 heteroatoms. The van der Waals surface area contributed by atoms with Crippen LogP contribution >= 0.6 is 0 Å². The molecule has 0 bridgehead atoms. The molecule has 1 saturated heterocycles. The SMILES string of the molecule is CC(C)(C)OC(=O)N1C[C@H](Oc2ccccc2)C[C@]1(C)C(=O)O. The molecular formula is C17H23NO5. The van der Waals surface area contributed by atoms with Crippen LogP contribution in [-0.2, 0) is 9.53 Å². The predicted molar refractivity (Wildman–Crippen MR) is 84.5 cm³/mol. The first-order valence-electron chi connectivity index (χ1n) is 7.57. The zero-order chi connectivity index (χ0) is 17.3. The van der Waals surface area contributed by atoms with E-state index in [4.69, 9.17) is 9.47 Å². The highest BCUT2D eigenvalue weighted by Gasteiger charge is 2.52. The zero-order valence-corrected chi connectivity index (χ0v) is 13.9. The first kappa shape index (κ1) is 17.1. The Morgan fingerprint density at radius 2 is 1.87 bits per heavy atom. The molecule has 2 atom stereocenters. The van der Waals surface area contributed by atoms with Crippen LogP contribution in [0.5, 0.6) is 5.75 Å². The molecule has 0 radical (unpaired) electrons. The summed E-state index contributed by atoms with van der Waals surface area (Å²) in [5.41, 5.74) is -2.03. The van der Waals surface area contributed by atoms with E-state index in [2.05, 4.69) is 0 Å². The molecule has 0 aromatic heterocycles. The van der Waals surface area contributed by atoms with Gasteiger partial charge in [-0.2, -0.15) is 0 Å². The van der Waals surface area contributed by atoms with Crippen LogP contribution in [0.1, 0.15) is 34.1 Å². The van der Waals surface area contributed by atoms with E-state index in [1.165, 1.54) is 11.8 Å². The molecule has 126 valence electrons. The highest BCUT2D eigenvalue weighted by molar-refractivity contribution is 5.85. The maximum atomic E-state index is 12.4. The summed E-state index contributed by atoms with van der Waals surface area (Å²) < 4.78 is 11.2. The molecule has 1 aromatic rings. The van der Waals surface area contributed by atoms with E-state index < -0.39 is 29.3 Å². The van der Waals surface area contributed by atoms with Crippen molar-refractivity contribution in [3.63, 3.8) is 0 Å². The van der Waals surface area contributed by atoms with Crippen LogP contribution in [0.3, 0.4) is 0 Å². The van der Waals surface area contributed by atoms with E-state index in [1.807, 2.05) is 18.2 Å². The van der Waals surface area contributed by atoms with Gasteiger partial charge in [-0.3, -0.25) is 4.90 Å². The van der Waals surface area contributed by atoms with Crippen LogP contribution in [0.2, 0.25) is 0 Å². The van der Waals surface area contributed by atoms with Gasteiger partial charge in [0.05, 0.1) is 6.54 Å². The molecule has 23 heavy (non-hydrogen) atoms. The average Bonchev–Trinajstić information content (AvgIpc) is 2.76. The molecule has 1 N–H and O–H groups in total. The summed E-state index contributed by atoms with van der Waals surface area (Å²) in [6.45, 7) is 6.94. The minimum absolute atomic E-state index is 0.173. The van der Waals surface area contributed by atoms with Crippen molar-refractivity contribution in [3.05, 3.63) is 30.3 Å². The van der Waals surface area contributed by atoms with Crippen molar-refractivity contribution in [3.8, 4) is 5.75 Å². The smallest absolute Gasteiger partial charge is 0.411 e. The summed E-state index contributed by atoms with van der Waals surface area (Å²) in [6, 6.07) is 9.15. The third kappa shape index (κ3) is 3.94. The van der Waals surface area contributed by atoms with Gasteiger partial charge in [-0.25, -0.2) is 9.59 Å². The topological polar surface area (TPSA) is 76.1 Å². The van der Waals surface area contributed by atoms with Crippen LogP contribution in [0, 0.1) is 0 Å². The number of carboxylic acids is 1. The van der Waals surface area contributed by atoms with Gasteiger partial charge in [0.2, 0.25) is 0 Å².